The third kappa shape index (κ3) is 10.3. The van der Waals surface area contributed by atoms with Crippen molar-refractivity contribution in [2.75, 3.05) is 0 Å². The van der Waals surface area contributed by atoms with Gasteiger partial charge in [0.2, 0.25) is 0 Å². The number of amides is 2. The Kier molecular flexibility index (Phi) is 12.1. The second-order valence-electron chi connectivity index (χ2n) is 13.9. The molecule has 2 unspecified atom stereocenters. The summed E-state index contributed by atoms with van der Waals surface area (Å²) in [4.78, 5) is 37.6. The number of carbonyl (C=O) groups is 3. The molecule has 4 aromatic rings. The van der Waals surface area contributed by atoms with Crippen LogP contribution >= 0.6 is 11.6 Å². The third-order valence-corrected chi connectivity index (χ3v) is 8.40. The first kappa shape index (κ1) is 36.9. The maximum atomic E-state index is 12.7. The zero-order valence-electron chi connectivity index (χ0n) is 29.2. The zero-order chi connectivity index (χ0) is 35.8. The van der Waals surface area contributed by atoms with Crippen molar-refractivity contribution in [3.63, 3.8) is 0 Å². The molecule has 1 aliphatic carbocycles. The predicted octanol–water partition coefficient (Wildman–Crippen LogP) is 9.69. The lowest BCUT2D eigenvalue weighted by Crippen LogP contribution is -2.55. The Morgan fingerprint density at radius 2 is 1.41 bits per heavy atom. The molecule has 256 valence electrons. The molecule has 7 nitrogen and oxygen atoms in total. The quantitative estimate of drug-likeness (QED) is 0.114. The highest BCUT2D eigenvalue weighted by atomic mass is 35.5. The molecule has 2 amide bonds. The Bertz CT molecular complexity index is 1760. The van der Waals surface area contributed by atoms with Gasteiger partial charge in [-0.05, 0) is 112 Å². The van der Waals surface area contributed by atoms with E-state index in [-0.39, 0.29) is 41.6 Å². The van der Waals surface area contributed by atoms with Gasteiger partial charge in [0, 0.05) is 16.1 Å². The molecule has 5 rings (SSSR count). The van der Waals surface area contributed by atoms with Crippen LogP contribution in [0, 0.1) is 17.3 Å². The molecule has 1 fully saturated rings. The van der Waals surface area contributed by atoms with Gasteiger partial charge in [-0.15, -0.1) is 0 Å². The number of allylic oxidation sites excluding steroid dienone is 2. The summed E-state index contributed by atoms with van der Waals surface area (Å²) in [5.41, 5.74) is 5.20. The van der Waals surface area contributed by atoms with E-state index < -0.39 is 5.54 Å². The molecule has 1 aliphatic rings. The van der Waals surface area contributed by atoms with Crippen molar-refractivity contribution in [3.8, 4) is 11.5 Å². The SMILES string of the molecule is CC(C)(C)N(NC(=O)c1ccc(Cl)cc1)C(=O)c1ccccc1.CC(C)=CC1C(C(=O)OCc2cccc(Oc3ccccc3)c2)C1(C)C. The standard InChI is InChI=1S/C23H26O3.C18H19ClN2O2/c1-16(2)13-20-21(23(20,3)4)22(24)25-15-17-9-8-12-19(14-17)26-18-10-6-5-7-11-18;1-18(2,3)21(17(23)14-7-5-4-6-8-14)20-16(22)13-9-11-15(19)12-10-13/h5-14,20-21H,15H2,1-4H3;4-12H,1-3H3,(H,20,22). The molecule has 4 aromatic carbocycles. The molecule has 8 heteroatoms. The maximum Gasteiger partial charge on any atom is 0.310 e. The lowest BCUT2D eigenvalue weighted by Gasteiger charge is -2.35. The first-order valence-electron chi connectivity index (χ1n) is 16.3. The van der Waals surface area contributed by atoms with Gasteiger partial charge in [0.25, 0.3) is 11.8 Å². The Morgan fingerprint density at radius 3 is 2.00 bits per heavy atom. The van der Waals surface area contributed by atoms with E-state index in [2.05, 4.69) is 39.2 Å². The Labute approximate surface area is 294 Å². The van der Waals surface area contributed by atoms with E-state index in [9.17, 15) is 14.4 Å². The number of nitrogens with one attached hydrogen (secondary N) is 1. The van der Waals surface area contributed by atoms with Crippen LogP contribution in [0.25, 0.3) is 0 Å². The highest BCUT2D eigenvalue weighted by molar-refractivity contribution is 6.30. The molecule has 49 heavy (non-hydrogen) atoms. The molecule has 0 aliphatic heterocycles. The van der Waals surface area contributed by atoms with Crippen LogP contribution in [-0.4, -0.2) is 28.3 Å². The highest BCUT2D eigenvalue weighted by Gasteiger charge is 2.61. The molecule has 1 saturated carbocycles. The number of carbonyl (C=O) groups excluding carboxylic acids is 3. The fourth-order valence-electron chi connectivity index (χ4n) is 5.37. The van der Waals surface area contributed by atoms with E-state index in [0.717, 1.165) is 17.1 Å². The van der Waals surface area contributed by atoms with Crippen LogP contribution in [0.2, 0.25) is 5.02 Å². The molecule has 0 aromatic heterocycles. The third-order valence-electron chi connectivity index (χ3n) is 8.15. The van der Waals surface area contributed by atoms with Gasteiger partial charge in [0.05, 0.1) is 11.5 Å². The molecule has 0 radical (unpaired) electrons. The molecule has 0 heterocycles. The van der Waals surface area contributed by atoms with Gasteiger partial charge in [-0.1, -0.05) is 85.6 Å². The lowest BCUT2D eigenvalue weighted by atomic mass is 10.1. The summed E-state index contributed by atoms with van der Waals surface area (Å²) < 4.78 is 11.4. The van der Waals surface area contributed by atoms with Crippen molar-refractivity contribution >= 4 is 29.4 Å². The maximum absolute atomic E-state index is 12.7. The second-order valence-corrected chi connectivity index (χ2v) is 14.3. The minimum absolute atomic E-state index is 0.0212. The van der Waals surface area contributed by atoms with Crippen molar-refractivity contribution in [2.24, 2.45) is 17.3 Å². The molecular weight excluding hydrogens is 636 g/mol. The van der Waals surface area contributed by atoms with E-state index in [1.165, 1.54) is 10.6 Å². The van der Waals surface area contributed by atoms with Crippen LogP contribution in [0.4, 0.5) is 0 Å². The number of para-hydroxylation sites is 1. The van der Waals surface area contributed by atoms with E-state index in [4.69, 9.17) is 21.1 Å². The normalized spacial score (nSPS) is 15.8. The number of benzene rings is 4. The Hall–Kier alpha value is -4.88. The minimum Gasteiger partial charge on any atom is -0.461 e. The van der Waals surface area contributed by atoms with Gasteiger partial charge in [-0.3, -0.25) is 19.8 Å². The van der Waals surface area contributed by atoms with Crippen molar-refractivity contribution in [2.45, 2.75) is 60.6 Å². The molecule has 0 saturated heterocycles. The van der Waals surface area contributed by atoms with Crippen molar-refractivity contribution in [3.05, 3.63) is 143 Å². The number of hydrogen-bond acceptors (Lipinski definition) is 5. The average molecular weight is 681 g/mol. The molecule has 0 bridgehead atoms. The van der Waals surface area contributed by atoms with Gasteiger partial charge >= 0.3 is 5.97 Å². The summed E-state index contributed by atoms with van der Waals surface area (Å²) in [5.74, 6) is 0.993. The van der Waals surface area contributed by atoms with E-state index >= 15 is 0 Å². The van der Waals surface area contributed by atoms with Gasteiger partial charge in [-0.25, -0.2) is 5.01 Å². The van der Waals surface area contributed by atoms with Crippen LogP contribution in [0.1, 0.15) is 74.7 Å². The topological polar surface area (TPSA) is 84.9 Å². The van der Waals surface area contributed by atoms with E-state index in [0.29, 0.717) is 16.1 Å². The van der Waals surface area contributed by atoms with Gasteiger partial charge in [0.1, 0.15) is 18.1 Å². The van der Waals surface area contributed by atoms with Crippen LogP contribution in [-0.2, 0) is 16.1 Å². The number of ether oxygens (including phenoxy) is 2. The number of halogens is 1. The monoisotopic (exact) mass is 680 g/mol. The summed E-state index contributed by atoms with van der Waals surface area (Å²) in [6.45, 7) is 14.2. The van der Waals surface area contributed by atoms with Crippen LogP contribution in [0.5, 0.6) is 11.5 Å². The molecule has 2 atom stereocenters. The average Bonchev–Trinajstić information content (AvgIpc) is 3.61. The smallest absolute Gasteiger partial charge is 0.310 e. The Morgan fingerprint density at radius 1 is 0.816 bits per heavy atom. The zero-order valence-corrected chi connectivity index (χ0v) is 30.0. The first-order chi connectivity index (χ1) is 23.2. The second kappa shape index (κ2) is 16.0. The number of nitrogens with zero attached hydrogens (tertiary/aromatic N) is 1. The lowest BCUT2D eigenvalue weighted by molar-refractivity contribution is -0.147. The number of hydrogen-bond donors (Lipinski definition) is 1. The summed E-state index contributed by atoms with van der Waals surface area (Å²) in [6.07, 6.45) is 2.18. The van der Waals surface area contributed by atoms with Crippen molar-refractivity contribution in [1.29, 1.82) is 0 Å². The molecule has 1 N–H and O–H groups in total. The van der Waals surface area contributed by atoms with Crippen LogP contribution < -0.4 is 10.2 Å². The summed E-state index contributed by atoms with van der Waals surface area (Å²) in [6, 6.07) is 32.6. The van der Waals surface area contributed by atoms with Crippen molar-refractivity contribution < 1.29 is 23.9 Å². The summed E-state index contributed by atoms with van der Waals surface area (Å²) in [7, 11) is 0. The number of hydrazine groups is 1. The van der Waals surface area contributed by atoms with Gasteiger partial charge in [0.15, 0.2) is 0 Å². The number of esters is 1. The largest absolute Gasteiger partial charge is 0.461 e. The molecule has 0 spiro atoms. The molecular formula is C41H45ClN2O5. The van der Waals surface area contributed by atoms with E-state index in [1.807, 2.05) is 81.4 Å². The summed E-state index contributed by atoms with van der Waals surface area (Å²) >= 11 is 5.83. The fraction of sp³-hybridized carbons (Fsp3) is 0.293. The van der Waals surface area contributed by atoms with Gasteiger partial charge < -0.3 is 9.47 Å². The fourth-order valence-corrected chi connectivity index (χ4v) is 5.49. The minimum atomic E-state index is -0.574. The highest BCUT2D eigenvalue weighted by Crippen LogP contribution is 2.59. The van der Waals surface area contributed by atoms with Gasteiger partial charge in [-0.2, -0.15) is 0 Å². The van der Waals surface area contributed by atoms with E-state index in [1.54, 1.807) is 48.5 Å². The predicted molar refractivity (Wildman–Crippen MR) is 194 cm³/mol. The summed E-state index contributed by atoms with van der Waals surface area (Å²) in [5, 5.41) is 1.90. The van der Waals surface area contributed by atoms with Crippen LogP contribution in [0.3, 0.4) is 0 Å². The van der Waals surface area contributed by atoms with Crippen LogP contribution in [0.15, 0.2) is 121 Å². The Balaban J connectivity index is 0.000000223. The number of rotatable bonds is 8. The first-order valence-corrected chi connectivity index (χ1v) is 16.6. The van der Waals surface area contributed by atoms with Crippen molar-refractivity contribution in [1.82, 2.24) is 10.4 Å².